The predicted molar refractivity (Wildman–Crippen MR) is 265 cm³/mol. The van der Waals surface area contributed by atoms with Crippen molar-refractivity contribution < 1.29 is 38.2 Å². The highest BCUT2D eigenvalue weighted by molar-refractivity contribution is 5.97. The highest BCUT2D eigenvalue weighted by Gasteiger charge is 2.49. The number of aromatic nitrogens is 1. The third-order valence-electron chi connectivity index (χ3n) is 14.0. The lowest BCUT2D eigenvalue weighted by Crippen LogP contribution is -2.67. The summed E-state index contributed by atoms with van der Waals surface area (Å²) in [6.07, 6.45) is 2.02. The molecule has 2 saturated heterocycles. The Morgan fingerprint density at radius 3 is 2.36 bits per heavy atom. The van der Waals surface area contributed by atoms with Gasteiger partial charge < -0.3 is 34.4 Å². The number of esters is 1. The molecule has 14 nitrogen and oxygen atoms in total. The summed E-state index contributed by atoms with van der Waals surface area (Å²) in [5, 5.41) is 16.8. The number of nitrogens with one attached hydrogen (secondary N) is 2. The lowest BCUT2D eigenvalue weighted by molar-refractivity contribution is -0.158. The van der Waals surface area contributed by atoms with Crippen molar-refractivity contribution in [3.63, 3.8) is 0 Å². The first-order valence-electron chi connectivity index (χ1n) is 24.2. The first-order chi connectivity index (χ1) is 32.6. The first kappa shape index (κ1) is 50.8. The van der Waals surface area contributed by atoms with Gasteiger partial charge in [-0.3, -0.25) is 29.0 Å². The number of phenolic OH excluding ortho intramolecular Hbond substituents is 1. The number of aromatic hydroxyl groups is 1. The molecule has 2 fully saturated rings. The molecule has 15 heteroatoms. The number of piperidine rings is 1. The molecule has 3 aliphatic rings. The molecule has 6 bridgehead atoms. The van der Waals surface area contributed by atoms with Crippen LogP contribution in [-0.4, -0.2) is 130 Å². The number of carbonyl (C=O) groups excluding carboxylic acids is 5. The van der Waals surface area contributed by atoms with Crippen molar-refractivity contribution in [3.8, 4) is 28.1 Å². The van der Waals surface area contributed by atoms with Gasteiger partial charge in [-0.15, -0.1) is 0 Å². The fraction of sp³-hybridized carbons (Fsp3) is 0.500. The third-order valence-corrected chi connectivity index (χ3v) is 14.0. The number of cyclic esters (lactones) is 1. The van der Waals surface area contributed by atoms with Gasteiger partial charge in [0.1, 0.15) is 23.4 Å². The number of alkyl halides is 1. The molecule has 1 unspecified atom stereocenters. The van der Waals surface area contributed by atoms with Crippen LogP contribution < -0.4 is 10.7 Å². The van der Waals surface area contributed by atoms with Crippen LogP contribution >= 0.6 is 0 Å². The van der Waals surface area contributed by atoms with Crippen molar-refractivity contribution in [1.29, 1.82) is 0 Å². The van der Waals surface area contributed by atoms with E-state index in [9.17, 15) is 24.3 Å². The maximum atomic E-state index is 16.5. The van der Waals surface area contributed by atoms with Gasteiger partial charge in [-0.25, -0.2) is 9.82 Å². The molecule has 3 aliphatic heterocycles. The van der Waals surface area contributed by atoms with Gasteiger partial charge in [-0.1, -0.05) is 70.7 Å². The molecule has 0 saturated carbocycles. The van der Waals surface area contributed by atoms with Crippen LogP contribution in [0.5, 0.6) is 5.75 Å². The first-order valence-corrected chi connectivity index (χ1v) is 24.2. The summed E-state index contributed by atoms with van der Waals surface area (Å²) in [7, 11) is 5.50. The zero-order valence-corrected chi connectivity index (χ0v) is 41.8. The Bertz CT molecular complexity index is 2630. The summed E-state index contributed by atoms with van der Waals surface area (Å²) in [5.74, 6) is -3.52. The van der Waals surface area contributed by atoms with Gasteiger partial charge in [-0.05, 0) is 111 Å². The van der Waals surface area contributed by atoms with E-state index in [1.54, 1.807) is 32.9 Å². The Hall–Kier alpha value is -6.06. The van der Waals surface area contributed by atoms with E-state index in [4.69, 9.17) is 4.74 Å². The van der Waals surface area contributed by atoms with Crippen LogP contribution in [0, 0.1) is 11.3 Å². The Morgan fingerprint density at radius 2 is 1.70 bits per heavy atom. The van der Waals surface area contributed by atoms with Crippen molar-refractivity contribution in [2.45, 2.75) is 116 Å². The Labute approximate surface area is 405 Å². The SMILES string of the molecule is C=CC(=O)N1CCC(F)(C(=O)N(C)[C@H](C(=O)NC2(C)Cc3cc(O)cc(c3)-c3ccc4c(c3)c(c(-c3ccccc3CN(C)C)n4CC)CC(C)(C)COC(=O)[C@@H]3CCCN(N3)C2=O)C(C)C)CC1. The number of phenols is 1. The monoisotopic (exact) mass is 948 g/mol. The quantitative estimate of drug-likeness (QED) is 0.115. The highest BCUT2D eigenvalue weighted by atomic mass is 19.1. The van der Waals surface area contributed by atoms with Crippen LogP contribution in [0.2, 0.25) is 0 Å². The molecule has 1 aromatic heterocycles. The molecule has 3 N–H and O–H groups in total. The number of ether oxygens (including phenoxy) is 1. The number of hydrazine groups is 1. The van der Waals surface area contributed by atoms with E-state index in [2.05, 4.69) is 98.1 Å². The molecule has 4 heterocycles. The second-order valence-corrected chi connectivity index (χ2v) is 20.9. The molecule has 3 aromatic carbocycles. The van der Waals surface area contributed by atoms with Crippen LogP contribution in [0.4, 0.5) is 4.39 Å². The number of aryl methyl sites for hydroxylation is 1. The lowest BCUT2D eigenvalue weighted by Gasteiger charge is -2.42. The molecule has 4 aromatic rings. The van der Waals surface area contributed by atoms with Crippen LogP contribution in [0.15, 0.2) is 73.3 Å². The number of halogens is 1. The van der Waals surface area contributed by atoms with E-state index in [0.29, 0.717) is 36.9 Å². The number of fused-ring (bicyclic) bond motifs is 6. The van der Waals surface area contributed by atoms with Crippen LogP contribution in [0.3, 0.4) is 0 Å². The summed E-state index contributed by atoms with van der Waals surface area (Å²) in [4.78, 5) is 74.8. The topological polar surface area (TPSA) is 157 Å². The standard InChI is InChI=1S/C54H70FN7O7/c1-11-45(64)60-24-21-54(55,22-25-60)51(68)59(10)46(34(3)4)48(65)56-53(7)30-35-26-38(28-39(63)27-35)36-19-20-44-41(29-36)42(47(61(44)12-2)40-17-14-13-16-37(40)32-58(8)9)31-52(5,6)33-69-49(66)43-18-15-23-62(57-43)50(53)67/h11,13-14,16-17,19-20,26-29,34,43,46,57,63H,1,12,15,18,21-25,30-33H2,2-10H3,(H,56,65)/t43-,46-,53?/m0/s1. The van der Waals surface area contributed by atoms with Gasteiger partial charge in [0.25, 0.3) is 11.8 Å². The number of amides is 4. The van der Waals surface area contributed by atoms with Crippen LogP contribution in [-0.2, 0) is 54.6 Å². The average molecular weight is 948 g/mol. The van der Waals surface area contributed by atoms with Gasteiger partial charge in [-0.2, -0.15) is 0 Å². The van der Waals surface area contributed by atoms with Gasteiger partial charge in [0, 0.05) is 80.9 Å². The minimum atomic E-state index is -2.32. The predicted octanol–water partition coefficient (Wildman–Crippen LogP) is 6.80. The lowest BCUT2D eigenvalue weighted by atomic mass is 9.83. The normalized spacial score (nSPS) is 21.1. The molecule has 0 radical (unpaired) electrons. The number of benzene rings is 3. The maximum absolute atomic E-state index is 16.5. The smallest absolute Gasteiger partial charge is 0.324 e. The molecule has 370 valence electrons. The van der Waals surface area contributed by atoms with Crippen molar-refractivity contribution >= 4 is 40.5 Å². The number of likely N-dealkylation sites (N-methyl/N-ethyl adjacent to an activating group) is 1. The number of likely N-dealkylation sites (tertiary alicyclic amines) is 1. The van der Waals surface area contributed by atoms with Gasteiger partial charge >= 0.3 is 5.97 Å². The number of nitrogens with zero attached hydrogens (tertiary/aromatic N) is 5. The fourth-order valence-electron chi connectivity index (χ4n) is 10.6. The molecule has 69 heavy (non-hydrogen) atoms. The van der Waals surface area contributed by atoms with Gasteiger partial charge in [0.05, 0.1) is 12.3 Å². The highest BCUT2D eigenvalue weighted by Crippen LogP contribution is 2.42. The Kier molecular flexibility index (Phi) is 14.8. The molecule has 7 rings (SSSR count). The zero-order valence-electron chi connectivity index (χ0n) is 41.8. The van der Waals surface area contributed by atoms with E-state index >= 15 is 9.18 Å². The largest absolute Gasteiger partial charge is 0.508 e. The number of carbonyl (C=O) groups is 5. The van der Waals surface area contributed by atoms with Crippen molar-refractivity contribution in [3.05, 3.63) is 90.0 Å². The average Bonchev–Trinajstić information content (AvgIpc) is 3.60. The van der Waals surface area contributed by atoms with E-state index < -0.39 is 58.3 Å². The second-order valence-electron chi connectivity index (χ2n) is 20.9. The van der Waals surface area contributed by atoms with Gasteiger partial charge in [0.15, 0.2) is 5.67 Å². The third kappa shape index (κ3) is 10.6. The molecule has 3 atom stereocenters. The number of hydrogen-bond donors (Lipinski definition) is 3. The minimum Gasteiger partial charge on any atom is -0.508 e. The van der Waals surface area contributed by atoms with Crippen LogP contribution in [0.25, 0.3) is 33.3 Å². The van der Waals surface area contributed by atoms with Crippen molar-refractivity contribution in [2.24, 2.45) is 11.3 Å². The fourth-order valence-corrected chi connectivity index (χ4v) is 10.6. The van der Waals surface area contributed by atoms with E-state index in [1.807, 2.05) is 12.1 Å². The molecular weight excluding hydrogens is 878 g/mol. The van der Waals surface area contributed by atoms with Crippen LogP contribution in [0.1, 0.15) is 83.9 Å². The van der Waals surface area contributed by atoms with E-state index in [1.165, 1.54) is 22.5 Å². The van der Waals surface area contributed by atoms with Crippen molar-refractivity contribution in [1.82, 2.24) is 35.0 Å². The van der Waals surface area contributed by atoms with E-state index in [-0.39, 0.29) is 57.2 Å². The second kappa shape index (κ2) is 20.1. The zero-order chi connectivity index (χ0) is 50.2. The van der Waals surface area contributed by atoms with Crippen molar-refractivity contribution in [2.75, 3.05) is 47.4 Å². The number of hydrogen-bond acceptors (Lipinski definition) is 9. The van der Waals surface area contributed by atoms with E-state index in [0.717, 1.165) is 50.8 Å². The molecule has 4 amide bonds. The summed E-state index contributed by atoms with van der Waals surface area (Å²) in [5.41, 5.74) is 6.15. The summed E-state index contributed by atoms with van der Waals surface area (Å²) >= 11 is 0. The Balaban J connectivity index is 1.32. The minimum absolute atomic E-state index is 0.0141. The summed E-state index contributed by atoms with van der Waals surface area (Å²) in [6, 6.07) is 17.8. The maximum Gasteiger partial charge on any atom is 0.324 e. The molecule has 0 spiro atoms. The van der Waals surface area contributed by atoms with Gasteiger partial charge in [0.2, 0.25) is 11.8 Å². The summed E-state index contributed by atoms with van der Waals surface area (Å²) < 4.78 is 25.0. The molecular formula is C54H70FN7O7. The Morgan fingerprint density at radius 1 is 0.986 bits per heavy atom. The summed E-state index contributed by atoms with van der Waals surface area (Å²) in [6.45, 7) is 16.7. The number of rotatable bonds is 10. The molecule has 0 aliphatic carbocycles.